The zero-order valence-corrected chi connectivity index (χ0v) is 8.56. The molecule has 2 atom stereocenters. The predicted molar refractivity (Wildman–Crippen MR) is 51.8 cm³/mol. The van der Waals surface area contributed by atoms with Crippen LogP contribution in [0.2, 0.25) is 0 Å². The van der Waals surface area contributed by atoms with Crippen LogP contribution in [-0.2, 0) is 16.1 Å². The third-order valence-electron chi connectivity index (χ3n) is 2.54. The summed E-state index contributed by atoms with van der Waals surface area (Å²) in [6.07, 6.45) is 2.05. The lowest BCUT2D eigenvalue weighted by Gasteiger charge is -2.13. The Hall–Kier alpha value is -1.43. The zero-order valence-electron chi connectivity index (χ0n) is 8.56. The van der Waals surface area contributed by atoms with E-state index in [1.165, 1.54) is 6.33 Å². The van der Waals surface area contributed by atoms with E-state index in [9.17, 15) is 4.79 Å². The summed E-state index contributed by atoms with van der Waals surface area (Å²) in [4.78, 5) is 15.6. The van der Waals surface area contributed by atoms with E-state index in [0.717, 1.165) is 6.42 Å². The highest BCUT2D eigenvalue weighted by molar-refractivity contribution is 5.81. The predicted octanol–water partition coefficient (Wildman–Crippen LogP) is -0.154. The molecule has 1 aromatic rings. The van der Waals surface area contributed by atoms with Gasteiger partial charge in [-0.1, -0.05) is 6.92 Å². The molecule has 82 valence electrons. The van der Waals surface area contributed by atoms with Gasteiger partial charge in [-0.3, -0.25) is 9.89 Å². The van der Waals surface area contributed by atoms with Crippen molar-refractivity contribution in [1.29, 1.82) is 0 Å². The lowest BCUT2D eigenvalue weighted by atomic mass is 10.0. The molecule has 15 heavy (non-hydrogen) atoms. The summed E-state index contributed by atoms with van der Waals surface area (Å²) in [7, 11) is 0. The Morgan fingerprint density at radius 1 is 1.80 bits per heavy atom. The number of nitrogens with zero attached hydrogens (tertiary/aromatic N) is 2. The second kappa shape index (κ2) is 4.39. The number of amides is 1. The minimum Gasteiger partial charge on any atom is -0.368 e. The Kier molecular flexibility index (Phi) is 2.96. The number of carbonyl (C=O) groups is 1. The normalized spacial score (nSPS) is 25.4. The SMILES string of the molecule is CC1CCOC1C(=O)NCc1ncn[nH]1. The van der Waals surface area contributed by atoms with Crippen molar-refractivity contribution < 1.29 is 9.53 Å². The monoisotopic (exact) mass is 210 g/mol. The lowest BCUT2D eigenvalue weighted by molar-refractivity contribution is -0.131. The second-order valence-corrected chi connectivity index (χ2v) is 3.71. The van der Waals surface area contributed by atoms with Crippen LogP contribution in [0.15, 0.2) is 6.33 Å². The Morgan fingerprint density at radius 2 is 2.67 bits per heavy atom. The zero-order chi connectivity index (χ0) is 10.7. The maximum atomic E-state index is 11.7. The van der Waals surface area contributed by atoms with Crippen molar-refractivity contribution in [1.82, 2.24) is 20.5 Å². The molecule has 2 unspecified atom stereocenters. The molecule has 2 N–H and O–H groups in total. The molecule has 0 spiro atoms. The van der Waals surface area contributed by atoms with Gasteiger partial charge in [0.05, 0.1) is 6.54 Å². The molecule has 2 heterocycles. The van der Waals surface area contributed by atoms with E-state index < -0.39 is 0 Å². The van der Waals surface area contributed by atoms with E-state index in [1.807, 2.05) is 6.92 Å². The van der Waals surface area contributed by atoms with Gasteiger partial charge in [0, 0.05) is 6.61 Å². The molecule has 6 nitrogen and oxygen atoms in total. The van der Waals surface area contributed by atoms with Crippen LogP contribution < -0.4 is 5.32 Å². The summed E-state index contributed by atoms with van der Waals surface area (Å²) in [5.41, 5.74) is 0. The molecule has 0 bridgehead atoms. The number of rotatable bonds is 3. The van der Waals surface area contributed by atoms with Crippen molar-refractivity contribution in [2.75, 3.05) is 6.61 Å². The van der Waals surface area contributed by atoms with Gasteiger partial charge in [0.2, 0.25) is 5.91 Å². The van der Waals surface area contributed by atoms with Gasteiger partial charge >= 0.3 is 0 Å². The molecular formula is C9H14N4O2. The highest BCUT2D eigenvalue weighted by Crippen LogP contribution is 2.19. The molecular weight excluding hydrogens is 196 g/mol. The standard InChI is InChI=1S/C9H14N4O2/c1-6-2-3-15-8(6)9(14)10-4-7-11-5-12-13-7/h5-6,8H,2-4H2,1H3,(H,10,14)(H,11,12,13). The fourth-order valence-corrected chi connectivity index (χ4v) is 1.62. The van der Waals surface area contributed by atoms with Gasteiger partial charge in [0.25, 0.3) is 0 Å². The van der Waals surface area contributed by atoms with E-state index in [1.54, 1.807) is 0 Å². The smallest absolute Gasteiger partial charge is 0.249 e. The first-order chi connectivity index (χ1) is 7.27. The van der Waals surface area contributed by atoms with Gasteiger partial charge < -0.3 is 10.1 Å². The first-order valence-electron chi connectivity index (χ1n) is 5.01. The Morgan fingerprint density at radius 3 is 3.27 bits per heavy atom. The minimum absolute atomic E-state index is 0.0728. The maximum absolute atomic E-state index is 11.7. The molecule has 0 radical (unpaired) electrons. The largest absolute Gasteiger partial charge is 0.368 e. The Bertz CT molecular complexity index is 325. The summed E-state index contributed by atoms with van der Waals surface area (Å²) >= 11 is 0. The van der Waals surface area contributed by atoms with Crippen LogP contribution in [0.5, 0.6) is 0 Å². The van der Waals surface area contributed by atoms with E-state index in [-0.39, 0.29) is 12.0 Å². The van der Waals surface area contributed by atoms with Crippen LogP contribution in [0, 0.1) is 5.92 Å². The molecule has 1 amide bonds. The molecule has 2 rings (SSSR count). The Labute approximate surface area is 87.4 Å². The number of ether oxygens (including phenoxy) is 1. The minimum atomic E-state index is -0.312. The summed E-state index contributed by atoms with van der Waals surface area (Å²) in [5.74, 6) is 0.866. The highest BCUT2D eigenvalue weighted by atomic mass is 16.5. The van der Waals surface area contributed by atoms with Gasteiger partial charge in [-0.2, -0.15) is 5.10 Å². The number of nitrogens with one attached hydrogen (secondary N) is 2. The first kappa shape index (κ1) is 10.1. The van der Waals surface area contributed by atoms with E-state index in [2.05, 4.69) is 20.5 Å². The van der Waals surface area contributed by atoms with Crippen LogP contribution in [0.1, 0.15) is 19.2 Å². The van der Waals surface area contributed by atoms with Crippen molar-refractivity contribution in [3.8, 4) is 0 Å². The maximum Gasteiger partial charge on any atom is 0.249 e. The molecule has 1 fully saturated rings. The molecule has 1 aliphatic rings. The van der Waals surface area contributed by atoms with Crippen molar-refractivity contribution in [3.63, 3.8) is 0 Å². The molecule has 1 aliphatic heterocycles. The van der Waals surface area contributed by atoms with Crippen molar-refractivity contribution in [2.24, 2.45) is 5.92 Å². The third kappa shape index (κ3) is 2.33. The van der Waals surface area contributed by atoms with Crippen molar-refractivity contribution >= 4 is 5.91 Å². The van der Waals surface area contributed by atoms with Crippen LogP contribution >= 0.6 is 0 Å². The average Bonchev–Trinajstić information content (AvgIpc) is 2.84. The van der Waals surface area contributed by atoms with Gasteiger partial charge in [-0.15, -0.1) is 0 Å². The fourth-order valence-electron chi connectivity index (χ4n) is 1.62. The van der Waals surface area contributed by atoms with Crippen LogP contribution in [-0.4, -0.2) is 33.8 Å². The highest BCUT2D eigenvalue weighted by Gasteiger charge is 2.30. The quantitative estimate of drug-likeness (QED) is 0.726. The average molecular weight is 210 g/mol. The van der Waals surface area contributed by atoms with Crippen LogP contribution in [0.3, 0.4) is 0 Å². The number of hydrogen-bond donors (Lipinski definition) is 2. The molecule has 1 saturated heterocycles. The van der Waals surface area contributed by atoms with E-state index >= 15 is 0 Å². The molecule has 6 heteroatoms. The van der Waals surface area contributed by atoms with E-state index in [0.29, 0.717) is 24.9 Å². The molecule has 0 saturated carbocycles. The van der Waals surface area contributed by atoms with Gasteiger partial charge in [-0.05, 0) is 12.3 Å². The number of aromatic nitrogens is 3. The van der Waals surface area contributed by atoms with Crippen molar-refractivity contribution in [2.45, 2.75) is 26.0 Å². The summed E-state index contributed by atoms with van der Waals surface area (Å²) in [6.45, 7) is 3.05. The summed E-state index contributed by atoms with van der Waals surface area (Å²) in [5, 5.41) is 9.13. The van der Waals surface area contributed by atoms with Gasteiger partial charge in [0.1, 0.15) is 18.3 Å². The Balaban J connectivity index is 1.82. The lowest BCUT2D eigenvalue weighted by Crippen LogP contribution is -2.37. The summed E-state index contributed by atoms with van der Waals surface area (Å²) < 4.78 is 5.34. The topological polar surface area (TPSA) is 79.9 Å². The third-order valence-corrected chi connectivity index (χ3v) is 2.54. The summed E-state index contributed by atoms with van der Waals surface area (Å²) in [6, 6.07) is 0. The number of carbonyl (C=O) groups excluding carboxylic acids is 1. The van der Waals surface area contributed by atoms with Crippen LogP contribution in [0.4, 0.5) is 0 Å². The molecule has 0 aliphatic carbocycles. The van der Waals surface area contributed by atoms with Gasteiger partial charge in [0.15, 0.2) is 0 Å². The fraction of sp³-hybridized carbons (Fsp3) is 0.667. The molecule has 0 aromatic carbocycles. The van der Waals surface area contributed by atoms with Crippen molar-refractivity contribution in [3.05, 3.63) is 12.2 Å². The number of aromatic amines is 1. The second-order valence-electron chi connectivity index (χ2n) is 3.71. The number of H-pyrrole nitrogens is 1. The molecule has 1 aromatic heterocycles. The first-order valence-corrected chi connectivity index (χ1v) is 5.01. The number of hydrogen-bond acceptors (Lipinski definition) is 4. The van der Waals surface area contributed by atoms with Crippen LogP contribution in [0.25, 0.3) is 0 Å². The van der Waals surface area contributed by atoms with Gasteiger partial charge in [-0.25, -0.2) is 4.98 Å². The van der Waals surface area contributed by atoms with E-state index in [4.69, 9.17) is 4.74 Å².